The van der Waals surface area contributed by atoms with Crippen LogP contribution in [0.15, 0.2) is 127 Å². The summed E-state index contributed by atoms with van der Waals surface area (Å²) in [6.07, 6.45) is 3.21. The van der Waals surface area contributed by atoms with Crippen molar-refractivity contribution < 1.29 is 9.53 Å². The van der Waals surface area contributed by atoms with Gasteiger partial charge in [0.1, 0.15) is 18.5 Å². The van der Waals surface area contributed by atoms with E-state index in [1.54, 1.807) is 0 Å². The molecule has 5 heterocycles. The predicted molar refractivity (Wildman–Crippen MR) is 239 cm³/mol. The van der Waals surface area contributed by atoms with Gasteiger partial charge in [0.05, 0.1) is 43.0 Å². The van der Waals surface area contributed by atoms with Gasteiger partial charge in [-0.05, 0) is 73.5 Å². The van der Waals surface area contributed by atoms with E-state index in [-0.39, 0.29) is 24.4 Å². The minimum Gasteiger partial charge on any atom is -0.462 e. The minimum atomic E-state index is -0.686. The first-order chi connectivity index (χ1) is 29.9. The van der Waals surface area contributed by atoms with Crippen molar-refractivity contribution in [3.8, 4) is 12.1 Å². The van der Waals surface area contributed by atoms with E-state index >= 15 is 4.79 Å². The Morgan fingerprint density at radius 1 is 0.803 bits per heavy atom. The number of benzene rings is 5. The van der Waals surface area contributed by atoms with Gasteiger partial charge in [-0.3, -0.25) is 9.69 Å². The number of carbonyl (C=O) groups excluding carboxylic acids is 1. The molecule has 0 N–H and O–H groups in total. The quantitative estimate of drug-likeness (QED) is 0.0974. The number of likely N-dealkylation sites (N-methyl/N-ethyl adjacent to an activating group) is 1. The largest absolute Gasteiger partial charge is 0.462 e. The maximum absolute atomic E-state index is 15.1. The smallest absolute Gasteiger partial charge is 0.318 e. The molecule has 1 aromatic heterocycles. The van der Waals surface area contributed by atoms with E-state index in [9.17, 15) is 5.26 Å². The van der Waals surface area contributed by atoms with Crippen LogP contribution in [0.4, 0.5) is 11.5 Å². The van der Waals surface area contributed by atoms with Gasteiger partial charge < -0.3 is 24.3 Å². The SMILES string of the molecule is Cc1cccc2cccc(N3CCc4c(nc(OC[C@@H]5CCCN5C)nc4N4C[C@H](CC#N)N(C(=O)C5CN5C(c5ccccc5)(c5ccccc5)c5ccccc5)C4)C3)c12. The van der Waals surface area contributed by atoms with E-state index in [2.05, 4.69) is 149 Å². The molecule has 10 rings (SSSR count). The molecule has 4 aliphatic rings. The molecule has 3 saturated heterocycles. The van der Waals surface area contributed by atoms with Crippen LogP contribution in [0.1, 0.15) is 52.8 Å². The molecule has 3 fully saturated rings. The van der Waals surface area contributed by atoms with Crippen LogP contribution >= 0.6 is 0 Å². The van der Waals surface area contributed by atoms with Crippen LogP contribution in [0.5, 0.6) is 6.01 Å². The number of rotatable bonds is 11. The molecule has 6 aromatic rings. The number of anilines is 2. The number of amides is 1. The average Bonchev–Trinajstić information content (AvgIpc) is 3.81. The number of aromatic nitrogens is 2. The lowest BCUT2D eigenvalue weighted by molar-refractivity contribution is -0.132. The molecule has 5 aromatic carbocycles. The first kappa shape index (κ1) is 38.9. The molecule has 0 bridgehead atoms. The molecule has 0 spiro atoms. The van der Waals surface area contributed by atoms with Crippen molar-refractivity contribution in [3.05, 3.63) is 161 Å². The van der Waals surface area contributed by atoms with Crippen molar-refractivity contribution in [2.24, 2.45) is 0 Å². The topological polar surface area (TPSA) is 91.8 Å². The second-order valence-electron chi connectivity index (χ2n) is 17.1. The van der Waals surface area contributed by atoms with Gasteiger partial charge in [0.2, 0.25) is 5.91 Å². The van der Waals surface area contributed by atoms with Crippen molar-refractivity contribution in [3.63, 3.8) is 0 Å². The molecule has 0 aliphatic carbocycles. The molecular formula is C51H52N8O2. The second kappa shape index (κ2) is 16.3. The van der Waals surface area contributed by atoms with Crippen molar-refractivity contribution in [1.29, 1.82) is 5.26 Å². The van der Waals surface area contributed by atoms with Gasteiger partial charge in [-0.15, -0.1) is 0 Å². The van der Waals surface area contributed by atoms with Crippen LogP contribution in [-0.2, 0) is 23.3 Å². The third-order valence-corrected chi connectivity index (χ3v) is 13.5. The Kier molecular flexibility index (Phi) is 10.4. The van der Waals surface area contributed by atoms with Crippen molar-refractivity contribution in [2.75, 3.05) is 56.3 Å². The fourth-order valence-corrected chi connectivity index (χ4v) is 10.4. The highest BCUT2D eigenvalue weighted by Crippen LogP contribution is 2.49. The molecule has 4 atom stereocenters. The highest BCUT2D eigenvalue weighted by molar-refractivity contribution is 5.97. The van der Waals surface area contributed by atoms with Crippen LogP contribution < -0.4 is 14.5 Å². The number of nitriles is 1. The van der Waals surface area contributed by atoms with Crippen LogP contribution in [0.25, 0.3) is 10.8 Å². The zero-order valence-electron chi connectivity index (χ0n) is 35.0. The number of nitrogens with zero attached hydrogens (tertiary/aromatic N) is 8. The maximum atomic E-state index is 15.1. The number of hydrogen-bond donors (Lipinski definition) is 0. The number of hydrogen-bond acceptors (Lipinski definition) is 9. The van der Waals surface area contributed by atoms with Crippen LogP contribution in [0.2, 0.25) is 0 Å². The monoisotopic (exact) mass is 808 g/mol. The zero-order chi connectivity index (χ0) is 41.5. The molecule has 0 saturated carbocycles. The summed E-state index contributed by atoms with van der Waals surface area (Å²) in [5.41, 5.74) is 7.13. The Hall–Kier alpha value is -6.28. The highest BCUT2D eigenvalue weighted by atomic mass is 16.5. The van der Waals surface area contributed by atoms with Crippen LogP contribution in [0, 0.1) is 18.3 Å². The summed E-state index contributed by atoms with van der Waals surface area (Å²) in [5.74, 6) is 0.850. The lowest BCUT2D eigenvalue weighted by Crippen LogP contribution is -2.44. The molecule has 308 valence electrons. The Morgan fingerprint density at radius 3 is 2.11 bits per heavy atom. The summed E-state index contributed by atoms with van der Waals surface area (Å²) < 4.78 is 6.48. The van der Waals surface area contributed by atoms with Gasteiger partial charge in [-0.25, -0.2) is 0 Å². The third-order valence-electron chi connectivity index (χ3n) is 13.5. The summed E-state index contributed by atoms with van der Waals surface area (Å²) in [7, 11) is 2.15. The zero-order valence-corrected chi connectivity index (χ0v) is 35.0. The van der Waals surface area contributed by atoms with E-state index in [1.807, 2.05) is 23.1 Å². The van der Waals surface area contributed by atoms with Gasteiger partial charge in [0.15, 0.2) is 0 Å². The van der Waals surface area contributed by atoms with Gasteiger partial charge in [-0.2, -0.15) is 15.2 Å². The molecule has 10 heteroatoms. The van der Waals surface area contributed by atoms with E-state index in [1.165, 1.54) is 22.0 Å². The van der Waals surface area contributed by atoms with E-state index in [0.717, 1.165) is 66.1 Å². The number of carbonyl (C=O) groups is 1. The maximum Gasteiger partial charge on any atom is 0.318 e. The lowest BCUT2D eigenvalue weighted by atomic mass is 9.76. The van der Waals surface area contributed by atoms with Gasteiger partial charge in [-0.1, -0.05) is 121 Å². The molecule has 4 aliphatic heterocycles. The molecule has 61 heavy (non-hydrogen) atoms. The summed E-state index contributed by atoms with van der Waals surface area (Å²) in [6, 6.07) is 47.0. The van der Waals surface area contributed by atoms with Gasteiger partial charge in [0.25, 0.3) is 0 Å². The Morgan fingerprint density at radius 2 is 1.48 bits per heavy atom. The summed E-state index contributed by atoms with van der Waals surface area (Å²) in [4.78, 5) is 36.6. The van der Waals surface area contributed by atoms with Crippen molar-refractivity contribution in [1.82, 2.24) is 24.7 Å². The van der Waals surface area contributed by atoms with E-state index in [0.29, 0.717) is 45.0 Å². The van der Waals surface area contributed by atoms with Gasteiger partial charge >= 0.3 is 6.01 Å². The molecule has 10 nitrogen and oxygen atoms in total. The average molecular weight is 809 g/mol. The van der Waals surface area contributed by atoms with Gasteiger partial charge in [0, 0.05) is 42.3 Å². The van der Waals surface area contributed by atoms with Crippen molar-refractivity contribution in [2.45, 2.75) is 62.8 Å². The fraction of sp³-hybridized carbons (Fsp3) is 0.333. The Bertz CT molecular complexity index is 2480. The number of ether oxygens (including phenoxy) is 1. The molecular weight excluding hydrogens is 757 g/mol. The molecule has 1 amide bonds. The predicted octanol–water partition coefficient (Wildman–Crippen LogP) is 7.54. The minimum absolute atomic E-state index is 0.0380. The van der Waals surface area contributed by atoms with Crippen LogP contribution in [-0.4, -0.2) is 95.2 Å². The standard InChI is InChI=1S/C51H52N8O2/c1-36-15-12-16-37-17-13-25-45(47(36)37)56-30-27-43-44(32-56)53-50(61-34-42-24-14-29-55(42)2)54-48(43)57-31-41(26-28-52)58(35-57)49(60)46-33-59(46)51(38-18-6-3-7-19-38,39-20-8-4-9-21-39)40-22-10-5-11-23-40/h3-13,15-23,25,41-42,46H,14,24,26-27,29-35H2,1-2H3/t41-,42-,46?,59?/m0/s1. The summed E-state index contributed by atoms with van der Waals surface area (Å²) in [6.45, 7) is 6.62. The summed E-state index contributed by atoms with van der Waals surface area (Å²) in [5, 5.41) is 12.6. The van der Waals surface area contributed by atoms with E-state index in [4.69, 9.17) is 14.7 Å². The highest BCUT2D eigenvalue weighted by Gasteiger charge is 2.58. The molecule has 0 radical (unpaired) electrons. The number of fused-ring (bicyclic) bond motifs is 2. The normalized spacial score (nSPS) is 21.4. The first-order valence-corrected chi connectivity index (χ1v) is 21.8. The number of aryl methyl sites for hydroxylation is 1. The second-order valence-corrected chi connectivity index (χ2v) is 17.1. The third kappa shape index (κ3) is 7.05. The first-order valence-electron chi connectivity index (χ1n) is 21.8. The molecule has 2 unspecified atom stereocenters. The fourth-order valence-electron chi connectivity index (χ4n) is 10.4. The van der Waals surface area contributed by atoms with E-state index < -0.39 is 5.54 Å². The van der Waals surface area contributed by atoms with Crippen molar-refractivity contribution >= 4 is 28.2 Å². The Labute approximate surface area is 358 Å². The van der Waals surface area contributed by atoms with Crippen LogP contribution in [0.3, 0.4) is 0 Å². The Balaban J connectivity index is 0.984. The lowest BCUT2D eigenvalue weighted by Gasteiger charge is -2.38. The number of likely N-dealkylation sites (tertiary alicyclic amines) is 1. The summed E-state index contributed by atoms with van der Waals surface area (Å²) >= 11 is 0.